The van der Waals surface area contributed by atoms with Crippen molar-refractivity contribution >= 4 is 17.5 Å². The highest BCUT2D eigenvalue weighted by atomic mass is 16.2. The van der Waals surface area contributed by atoms with Gasteiger partial charge in [-0.1, -0.05) is 33.1 Å². The Morgan fingerprint density at radius 1 is 1.05 bits per heavy atom. The number of benzene rings is 1. The van der Waals surface area contributed by atoms with Crippen molar-refractivity contribution in [3.63, 3.8) is 0 Å². The van der Waals surface area contributed by atoms with Gasteiger partial charge in [-0.3, -0.25) is 14.5 Å². The highest BCUT2D eigenvalue weighted by Crippen LogP contribution is 2.29. The molecule has 0 fully saturated rings. The number of amides is 2. The van der Waals surface area contributed by atoms with E-state index in [9.17, 15) is 9.59 Å². The molecule has 2 N–H and O–H groups in total. The molecule has 0 saturated heterocycles. The fourth-order valence-electron chi connectivity index (χ4n) is 2.78. The van der Waals surface area contributed by atoms with E-state index in [2.05, 4.69) is 13.8 Å². The number of unbranched alkanes of at least 4 members (excludes halogenated alkanes) is 1. The number of rotatable bonds is 6. The number of hydrogen-bond acceptors (Lipinski definition) is 3. The predicted octanol–water partition coefficient (Wildman–Crippen LogP) is 3.22. The molecule has 4 heteroatoms. The van der Waals surface area contributed by atoms with Gasteiger partial charge in [0.2, 0.25) is 0 Å². The molecule has 20 heavy (non-hydrogen) atoms. The van der Waals surface area contributed by atoms with Gasteiger partial charge in [0.1, 0.15) is 0 Å². The highest BCUT2D eigenvalue weighted by Gasteiger charge is 2.39. The minimum atomic E-state index is -0.188. The third-order valence-electron chi connectivity index (χ3n) is 3.82. The van der Waals surface area contributed by atoms with Crippen LogP contribution in [0.3, 0.4) is 0 Å². The van der Waals surface area contributed by atoms with Gasteiger partial charge >= 0.3 is 0 Å². The lowest BCUT2D eigenvalue weighted by atomic mass is 10.0. The van der Waals surface area contributed by atoms with Crippen molar-refractivity contribution in [3.05, 3.63) is 29.3 Å². The van der Waals surface area contributed by atoms with Gasteiger partial charge in [0.15, 0.2) is 0 Å². The predicted molar refractivity (Wildman–Crippen MR) is 79.6 cm³/mol. The molecular formula is C16H22N2O2. The van der Waals surface area contributed by atoms with E-state index < -0.39 is 0 Å². The molecule has 1 aromatic rings. The number of carbonyl (C=O) groups is 2. The molecule has 1 aliphatic rings. The van der Waals surface area contributed by atoms with Gasteiger partial charge in [0.05, 0.1) is 11.1 Å². The summed E-state index contributed by atoms with van der Waals surface area (Å²) in [6.07, 6.45) is 4.80. The number of nitrogens with zero attached hydrogens (tertiary/aromatic N) is 1. The van der Waals surface area contributed by atoms with Crippen LogP contribution in [0.25, 0.3) is 0 Å². The van der Waals surface area contributed by atoms with Gasteiger partial charge < -0.3 is 5.73 Å². The van der Waals surface area contributed by atoms with Crippen molar-refractivity contribution in [2.45, 2.75) is 52.0 Å². The molecular weight excluding hydrogens is 252 g/mol. The first-order valence-electron chi connectivity index (χ1n) is 7.37. The minimum Gasteiger partial charge on any atom is -0.399 e. The molecule has 2 rings (SSSR count). The maximum absolute atomic E-state index is 12.5. The SMILES string of the molecule is CCCCC(CCC)N1C(=O)c2ccc(N)cc2C1=O. The summed E-state index contributed by atoms with van der Waals surface area (Å²) in [5.41, 5.74) is 7.18. The maximum Gasteiger partial charge on any atom is 0.261 e. The summed E-state index contributed by atoms with van der Waals surface area (Å²) in [5, 5.41) is 0. The Hall–Kier alpha value is -1.84. The van der Waals surface area contributed by atoms with Crippen molar-refractivity contribution in [1.82, 2.24) is 4.90 Å². The summed E-state index contributed by atoms with van der Waals surface area (Å²) in [6, 6.07) is 4.95. The first kappa shape index (κ1) is 14.6. The molecule has 0 aromatic heterocycles. The zero-order valence-corrected chi connectivity index (χ0v) is 12.2. The van der Waals surface area contributed by atoms with E-state index in [1.165, 1.54) is 4.90 Å². The summed E-state index contributed by atoms with van der Waals surface area (Å²) in [6.45, 7) is 4.20. The van der Waals surface area contributed by atoms with Crippen LogP contribution in [0.1, 0.15) is 66.7 Å². The van der Waals surface area contributed by atoms with Gasteiger partial charge in [0.25, 0.3) is 11.8 Å². The van der Waals surface area contributed by atoms with E-state index in [0.29, 0.717) is 16.8 Å². The minimum absolute atomic E-state index is 0.00794. The Morgan fingerprint density at radius 3 is 2.40 bits per heavy atom. The van der Waals surface area contributed by atoms with Crippen LogP contribution in [0.2, 0.25) is 0 Å². The Morgan fingerprint density at radius 2 is 1.75 bits per heavy atom. The number of imide groups is 1. The third kappa shape index (κ3) is 2.55. The van der Waals surface area contributed by atoms with Gasteiger partial charge in [-0.15, -0.1) is 0 Å². The molecule has 0 aliphatic carbocycles. The van der Waals surface area contributed by atoms with Crippen LogP contribution in [0.4, 0.5) is 5.69 Å². The highest BCUT2D eigenvalue weighted by molar-refractivity contribution is 6.21. The number of nitrogens with two attached hydrogens (primary N) is 1. The second kappa shape index (κ2) is 6.07. The van der Waals surface area contributed by atoms with Crippen molar-refractivity contribution in [2.24, 2.45) is 0 Å². The maximum atomic E-state index is 12.5. The quantitative estimate of drug-likeness (QED) is 0.640. The number of hydrogen-bond donors (Lipinski definition) is 1. The lowest BCUT2D eigenvalue weighted by Crippen LogP contribution is -2.39. The topological polar surface area (TPSA) is 63.4 Å². The summed E-state index contributed by atoms with van der Waals surface area (Å²) in [4.78, 5) is 26.4. The average molecular weight is 274 g/mol. The molecule has 0 spiro atoms. The van der Waals surface area contributed by atoms with Crippen molar-refractivity contribution in [1.29, 1.82) is 0 Å². The summed E-state index contributed by atoms with van der Waals surface area (Å²) < 4.78 is 0. The van der Waals surface area contributed by atoms with Crippen molar-refractivity contribution < 1.29 is 9.59 Å². The Kier molecular flexibility index (Phi) is 4.42. The van der Waals surface area contributed by atoms with Crippen LogP contribution < -0.4 is 5.73 Å². The number of carbonyl (C=O) groups excluding carboxylic acids is 2. The smallest absolute Gasteiger partial charge is 0.261 e. The first-order valence-corrected chi connectivity index (χ1v) is 7.37. The normalized spacial score (nSPS) is 15.6. The Balaban J connectivity index is 2.29. The molecule has 1 unspecified atom stereocenters. The van der Waals surface area contributed by atoms with Crippen LogP contribution in [0.5, 0.6) is 0 Å². The molecule has 1 aromatic carbocycles. The number of fused-ring (bicyclic) bond motifs is 1. The Bertz CT molecular complexity index is 525. The van der Waals surface area contributed by atoms with Crippen LogP contribution in [-0.2, 0) is 0 Å². The first-order chi connectivity index (χ1) is 9.60. The van der Waals surface area contributed by atoms with E-state index in [1.54, 1.807) is 18.2 Å². The second-order valence-corrected chi connectivity index (χ2v) is 5.37. The molecule has 2 amide bonds. The number of anilines is 1. The van der Waals surface area contributed by atoms with Crippen LogP contribution in [0.15, 0.2) is 18.2 Å². The molecule has 4 nitrogen and oxygen atoms in total. The Labute approximate surface area is 119 Å². The zero-order chi connectivity index (χ0) is 14.7. The average Bonchev–Trinajstić information content (AvgIpc) is 2.67. The van der Waals surface area contributed by atoms with Gasteiger partial charge in [-0.2, -0.15) is 0 Å². The fraction of sp³-hybridized carbons (Fsp3) is 0.500. The lowest BCUT2D eigenvalue weighted by Gasteiger charge is -2.25. The zero-order valence-electron chi connectivity index (χ0n) is 12.2. The number of nitrogen functional groups attached to an aromatic ring is 1. The van der Waals surface area contributed by atoms with E-state index >= 15 is 0 Å². The molecule has 1 heterocycles. The molecule has 0 bridgehead atoms. The standard InChI is InChI=1S/C16H22N2O2/c1-3-5-7-12(6-4-2)18-15(19)13-9-8-11(17)10-14(13)16(18)20/h8-10,12H,3-7,17H2,1-2H3. The fourth-order valence-corrected chi connectivity index (χ4v) is 2.78. The molecule has 1 atom stereocenters. The summed E-state index contributed by atoms with van der Waals surface area (Å²) in [7, 11) is 0. The van der Waals surface area contributed by atoms with Crippen molar-refractivity contribution in [3.8, 4) is 0 Å². The monoisotopic (exact) mass is 274 g/mol. The van der Waals surface area contributed by atoms with Crippen LogP contribution in [0, 0.1) is 0 Å². The largest absolute Gasteiger partial charge is 0.399 e. The van der Waals surface area contributed by atoms with E-state index in [1.807, 2.05) is 0 Å². The van der Waals surface area contributed by atoms with Gasteiger partial charge in [-0.25, -0.2) is 0 Å². The lowest BCUT2D eigenvalue weighted by molar-refractivity contribution is 0.0565. The second-order valence-electron chi connectivity index (χ2n) is 5.37. The van der Waals surface area contributed by atoms with Gasteiger partial charge in [-0.05, 0) is 31.0 Å². The van der Waals surface area contributed by atoms with Crippen LogP contribution >= 0.6 is 0 Å². The van der Waals surface area contributed by atoms with Gasteiger partial charge in [0, 0.05) is 11.7 Å². The molecule has 0 radical (unpaired) electrons. The summed E-state index contributed by atoms with van der Waals surface area (Å²) in [5.74, 6) is -0.355. The molecule has 0 saturated carbocycles. The molecule has 1 aliphatic heterocycles. The van der Waals surface area contributed by atoms with E-state index in [-0.39, 0.29) is 17.9 Å². The third-order valence-corrected chi connectivity index (χ3v) is 3.82. The molecule has 108 valence electrons. The van der Waals surface area contributed by atoms with E-state index in [0.717, 1.165) is 32.1 Å². The van der Waals surface area contributed by atoms with Crippen molar-refractivity contribution in [2.75, 3.05) is 5.73 Å². The van der Waals surface area contributed by atoms with Crippen LogP contribution in [-0.4, -0.2) is 22.8 Å². The van der Waals surface area contributed by atoms with E-state index in [4.69, 9.17) is 5.73 Å². The summed E-state index contributed by atoms with van der Waals surface area (Å²) >= 11 is 0.